The molecule has 0 aromatic rings. The van der Waals surface area contributed by atoms with Crippen LogP contribution in [0, 0.1) is 0 Å². The van der Waals surface area contributed by atoms with Crippen molar-refractivity contribution in [3.63, 3.8) is 0 Å². The van der Waals surface area contributed by atoms with E-state index in [9.17, 15) is 4.79 Å². The third-order valence-electron chi connectivity index (χ3n) is 2.12. The average molecular weight is 206 g/mol. The molecule has 0 saturated heterocycles. The summed E-state index contributed by atoms with van der Waals surface area (Å²) >= 11 is 5.45. The summed E-state index contributed by atoms with van der Waals surface area (Å²) in [4.78, 5) is 10.8. The molecule has 76 valence electrons. The molecular weight excluding hydrogens is 190 g/mol. The first-order valence-corrected chi connectivity index (χ1v) is 4.64. The van der Waals surface area contributed by atoms with Crippen LogP contribution in [0.25, 0.3) is 0 Å². The Bertz CT molecular complexity index is 216. The minimum absolute atomic E-state index is 0.500. The van der Waals surface area contributed by atoms with Gasteiger partial charge in [0.2, 0.25) is 0 Å². The van der Waals surface area contributed by atoms with Crippen LogP contribution in [-0.4, -0.2) is 23.2 Å². The van der Waals surface area contributed by atoms with Crippen LogP contribution in [0.2, 0.25) is 0 Å². The molecule has 0 amide bonds. The summed E-state index contributed by atoms with van der Waals surface area (Å²) in [6.07, 6.45) is 0.540. The number of hydrogen-bond acceptors (Lipinski definition) is 2. The van der Waals surface area contributed by atoms with E-state index in [1.165, 1.54) is 5.54 Å². The van der Waals surface area contributed by atoms with E-state index in [1.54, 1.807) is 6.92 Å². The van der Waals surface area contributed by atoms with Crippen molar-refractivity contribution in [2.24, 2.45) is 0 Å². The molecule has 0 rings (SSSR count). The fourth-order valence-electron chi connectivity index (χ4n) is 0.725. The number of aliphatic carboxylic acids is 1. The molecule has 0 spiro atoms. The minimum atomic E-state index is -0.860. The summed E-state index contributed by atoms with van der Waals surface area (Å²) < 4.78 is 0. The van der Waals surface area contributed by atoms with Crippen LogP contribution in [0.5, 0.6) is 0 Å². The monoisotopic (exact) mass is 205 g/mol. The number of nitrogens with one attached hydrogen (secondary N) is 1. The summed E-state index contributed by atoms with van der Waals surface area (Å²) in [5, 5.41) is 11.8. The lowest BCUT2D eigenvalue weighted by Crippen LogP contribution is -2.49. The highest BCUT2D eigenvalue weighted by Gasteiger charge is 2.29. The van der Waals surface area contributed by atoms with Crippen molar-refractivity contribution in [2.45, 2.75) is 32.7 Å². The predicted octanol–water partition coefficient (Wildman–Crippen LogP) is 1.97. The average Bonchev–Trinajstić information content (AvgIpc) is 2.13. The summed E-state index contributed by atoms with van der Waals surface area (Å²) in [7, 11) is 0. The van der Waals surface area contributed by atoms with Gasteiger partial charge in [0.25, 0.3) is 0 Å². The lowest BCUT2D eigenvalue weighted by atomic mass is 9.99. The van der Waals surface area contributed by atoms with E-state index >= 15 is 0 Å². The quantitative estimate of drug-likeness (QED) is 0.722. The van der Waals surface area contributed by atoms with Crippen LogP contribution in [0.15, 0.2) is 11.1 Å². The van der Waals surface area contributed by atoms with Gasteiger partial charge in [-0.1, -0.05) is 18.5 Å². The second-order valence-corrected chi connectivity index (χ2v) is 3.52. The zero-order chi connectivity index (χ0) is 10.5. The highest BCUT2D eigenvalue weighted by atomic mass is 35.5. The second kappa shape index (κ2) is 5.25. The second-order valence-electron chi connectivity index (χ2n) is 3.30. The van der Waals surface area contributed by atoms with Crippen LogP contribution in [-0.2, 0) is 4.79 Å². The first-order valence-electron chi connectivity index (χ1n) is 4.20. The molecule has 0 aliphatic carbocycles. The Labute approximate surface area is 83.8 Å². The van der Waals surface area contributed by atoms with Crippen LogP contribution < -0.4 is 5.32 Å². The van der Waals surface area contributed by atoms with Crippen LogP contribution in [0.3, 0.4) is 0 Å². The number of carbonyl (C=O) groups is 1. The molecule has 4 heteroatoms. The molecule has 2 N–H and O–H groups in total. The minimum Gasteiger partial charge on any atom is -0.480 e. The van der Waals surface area contributed by atoms with E-state index in [2.05, 4.69) is 5.32 Å². The molecule has 0 saturated carbocycles. The predicted molar refractivity (Wildman–Crippen MR) is 53.9 cm³/mol. The maximum absolute atomic E-state index is 10.8. The van der Waals surface area contributed by atoms with Gasteiger partial charge in [-0.05, 0) is 25.8 Å². The molecular formula is C9H16ClNO2. The van der Waals surface area contributed by atoms with Crippen molar-refractivity contribution in [1.29, 1.82) is 0 Å². The Hall–Kier alpha value is -0.540. The third kappa shape index (κ3) is 3.79. The molecule has 1 unspecified atom stereocenters. The topological polar surface area (TPSA) is 49.3 Å². The maximum atomic E-state index is 10.8. The molecule has 0 aliphatic rings. The molecule has 13 heavy (non-hydrogen) atoms. The van der Waals surface area contributed by atoms with Crippen molar-refractivity contribution in [2.75, 3.05) is 6.54 Å². The van der Waals surface area contributed by atoms with Gasteiger partial charge in [-0.15, -0.1) is 0 Å². The highest BCUT2D eigenvalue weighted by Crippen LogP contribution is 2.09. The van der Waals surface area contributed by atoms with Gasteiger partial charge >= 0.3 is 5.97 Å². The Morgan fingerprint density at radius 3 is 2.54 bits per heavy atom. The fraction of sp³-hybridized carbons (Fsp3) is 0.667. The normalized spacial score (nSPS) is 16.8. The van der Waals surface area contributed by atoms with Crippen molar-refractivity contribution in [3.05, 3.63) is 11.1 Å². The van der Waals surface area contributed by atoms with Gasteiger partial charge in [0.05, 0.1) is 0 Å². The zero-order valence-electron chi connectivity index (χ0n) is 8.22. The zero-order valence-corrected chi connectivity index (χ0v) is 8.98. The molecule has 3 nitrogen and oxygen atoms in total. The molecule has 0 aromatic carbocycles. The van der Waals surface area contributed by atoms with Crippen molar-refractivity contribution in [3.8, 4) is 0 Å². The SMILES string of the molecule is CCC(C)(NCC(C)=CCl)C(=O)O. The van der Waals surface area contributed by atoms with Gasteiger partial charge in [0, 0.05) is 12.1 Å². The number of rotatable bonds is 5. The molecule has 0 aliphatic heterocycles. The number of carboxylic acid groups (broad SMARTS) is 1. The summed E-state index contributed by atoms with van der Waals surface area (Å²) in [5.41, 5.74) is 1.51. The van der Waals surface area contributed by atoms with Crippen molar-refractivity contribution >= 4 is 17.6 Å². The Kier molecular flexibility index (Phi) is 5.03. The van der Waals surface area contributed by atoms with Crippen molar-refractivity contribution < 1.29 is 9.90 Å². The van der Waals surface area contributed by atoms with Gasteiger partial charge in [0.1, 0.15) is 5.54 Å². The number of hydrogen-bond donors (Lipinski definition) is 2. The fourth-order valence-corrected chi connectivity index (χ4v) is 0.802. The largest absolute Gasteiger partial charge is 0.480 e. The van der Waals surface area contributed by atoms with E-state index in [0.717, 1.165) is 5.57 Å². The smallest absolute Gasteiger partial charge is 0.323 e. The lowest BCUT2D eigenvalue weighted by Gasteiger charge is -2.24. The summed E-state index contributed by atoms with van der Waals surface area (Å²) in [6, 6.07) is 0. The van der Waals surface area contributed by atoms with E-state index in [4.69, 9.17) is 16.7 Å². The van der Waals surface area contributed by atoms with E-state index in [0.29, 0.717) is 13.0 Å². The van der Waals surface area contributed by atoms with Crippen LogP contribution in [0.4, 0.5) is 0 Å². The lowest BCUT2D eigenvalue weighted by molar-refractivity contribution is -0.144. The molecule has 0 heterocycles. The Morgan fingerprint density at radius 2 is 2.23 bits per heavy atom. The molecule has 1 atom stereocenters. The Balaban J connectivity index is 4.22. The first kappa shape index (κ1) is 12.5. The van der Waals surface area contributed by atoms with Crippen LogP contribution >= 0.6 is 11.6 Å². The summed E-state index contributed by atoms with van der Waals surface area (Å²) in [5.74, 6) is -0.836. The van der Waals surface area contributed by atoms with Gasteiger partial charge in [0.15, 0.2) is 0 Å². The van der Waals surface area contributed by atoms with Crippen LogP contribution in [0.1, 0.15) is 27.2 Å². The van der Waals surface area contributed by atoms with Gasteiger partial charge in [-0.2, -0.15) is 0 Å². The number of carboxylic acids is 1. The Morgan fingerprint density at radius 1 is 1.69 bits per heavy atom. The van der Waals surface area contributed by atoms with E-state index < -0.39 is 11.5 Å². The van der Waals surface area contributed by atoms with Crippen molar-refractivity contribution in [1.82, 2.24) is 5.32 Å². The molecule has 0 fully saturated rings. The number of halogens is 1. The summed E-state index contributed by atoms with van der Waals surface area (Å²) in [6.45, 7) is 5.84. The van der Waals surface area contributed by atoms with Gasteiger partial charge in [-0.3, -0.25) is 10.1 Å². The third-order valence-corrected chi connectivity index (χ3v) is 2.50. The van der Waals surface area contributed by atoms with E-state index in [1.807, 2.05) is 13.8 Å². The maximum Gasteiger partial charge on any atom is 0.323 e. The molecule has 0 aromatic heterocycles. The van der Waals surface area contributed by atoms with Gasteiger partial charge in [-0.25, -0.2) is 0 Å². The first-order chi connectivity index (χ1) is 5.96. The molecule has 0 bridgehead atoms. The van der Waals surface area contributed by atoms with E-state index in [-0.39, 0.29) is 0 Å². The van der Waals surface area contributed by atoms with Gasteiger partial charge < -0.3 is 5.11 Å². The molecule has 0 radical (unpaired) electrons. The standard InChI is InChI=1S/C9H16ClNO2/c1-4-9(3,8(12)13)11-6-7(2)5-10/h5,11H,4,6H2,1-3H3,(H,12,13). The highest BCUT2D eigenvalue weighted by molar-refractivity contribution is 6.25.